The molecule has 2 nitrogen and oxygen atoms in total. The molecule has 0 aliphatic heterocycles. The van der Waals surface area contributed by atoms with Crippen LogP contribution in [0, 0.1) is 0 Å². The van der Waals surface area contributed by atoms with Gasteiger partial charge in [0, 0.05) is 0 Å². The van der Waals surface area contributed by atoms with Crippen LogP contribution in [0.5, 0.6) is 5.75 Å². The highest BCUT2D eigenvalue weighted by Crippen LogP contribution is 2.10. The number of hydrogen-bond donors (Lipinski definition) is 0. The summed E-state index contributed by atoms with van der Waals surface area (Å²) in [5.74, 6) is 0.976. The monoisotopic (exact) mass is 222 g/mol. The molecule has 1 aromatic rings. The Bertz CT molecular complexity index is 272. The molecule has 0 atom stereocenters. The maximum atomic E-state index is 5.75. The topological polar surface area (TPSA) is 9.23 Å². The van der Waals surface area contributed by atoms with Gasteiger partial charge in [0.25, 0.3) is 0 Å². The van der Waals surface area contributed by atoms with Crippen LogP contribution in [0.15, 0.2) is 30.3 Å². The number of benzene rings is 1. The van der Waals surface area contributed by atoms with Gasteiger partial charge in [0.05, 0.1) is 19.6 Å². The highest BCUT2D eigenvalue weighted by Gasteiger charge is 2.20. The second-order valence-electron chi connectivity index (χ2n) is 4.18. The van der Waals surface area contributed by atoms with Crippen molar-refractivity contribution in [2.24, 2.45) is 0 Å². The number of quaternary nitrogens is 1. The molecule has 1 aromatic carbocycles. The summed E-state index contributed by atoms with van der Waals surface area (Å²) in [6, 6.07) is 10.1. The van der Waals surface area contributed by atoms with Crippen LogP contribution >= 0.6 is 0 Å². The first-order valence-electron chi connectivity index (χ1n) is 6.29. The fourth-order valence-corrected chi connectivity index (χ4v) is 2.02. The number of nitrogens with zero attached hydrogens (tertiary/aromatic N) is 1. The van der Waals surface area contributed by atoms with E-state index in [2.05, 4.69) is 20.8 Å². The molecule has 0 aliphatic rings. The van der Waals surface area contributed by atoms with Crippen molar-refractivity contribution in [3.05, 3.63) is 30.3 Å². The average molecular weight is 222 g/mol. The number of para-hydroxylation sites is 1. The fourth-order valence-electron chi connectivity index (χ4n) is 2.02. The first-order valence-corrected chi connectivity index (χ1v) is 6.29. The molecule has 0 aliphatic carbocycles. The third-order valence-corrected chi connectivity index (χ3v) is 3.59. The molecule has 2 heteroatoms. The van der Waals surface area contributed by atoms with Gasteiger partial charge in [-0.05, 0) is 32.9 Å². The van der Waals surface area contributed by atoms with E-state index in [1.807, 2.05) is 30.3 Å². The lowest BCUT2D eigenvalue weighted by Gasteiger charge is -2.35. The highest BCUT2D eigenvalue weighted by molar-refractivity contribution is 5.20. The van der Waals surface area contributed by atoms with Crippen molar-refractivity contribution < 1.29 is 9.22 Å². The molecule has 0 spiro atoms. The number of rotatable bonds is 7. The maximum Gasteiger partial charge on any atom is 0.137 e. The van der Waals surface area contributed by atoms with Crippen LogP contribution in [0.25, 0.3) is 0 Å². The molecule has 0 saturated carbocycles. The Hall–Kier alpha value is -1.02. The van der Waals surface area contributed by atoms with Gasteiger partial charge in [0.15, 0.2) is 0 Å². The molecule has 0 bridgehead atoms. The molecular formula is C14H24NO+. The van der Waals surface area contributed by atoms with Gasteiger partial charge in [-0.2, -0.15) is 0 Å². The lowest BCUT2D eigenvalue weighted by Crippen LogP contribution is -2.49. The molecule has 1 rings (SSSR count). The van der Waals surface area contributed by atoms with E-state index in [1.165, 1.54) is 19.6 Å². The zero-order chi connectivity index (χ0) is 11.9. The molecule has 0 aromatic heterocycles. The van der Waals surface area contributed by atoms with Crippen molar-refractivity contribution in [1.82, 2.24) is 0 Å². The van der Waals surface area contributed by atoms with Gasteiger partial charge in [-0.1, -0.05) is 18.2 Å². The quantitative estimate of drug-likeness (QED) is 0.645. The molecule has 0 N–H and O–H groups in total. The first-order chi connectivity index (χ1) is 7.76. The Morgan fingerprint density at radius 2 is 1.50 bits per heavy atom. The zero-order valence-corrected chi connectivity index (χ0v) is 10.8. The summed E-state index contributed by atoms with van der Waals surface area (Å²) >= 11 is 0. The van der Waals surface area contributed by atoms with Crippen LogP contribution < -0.4 is 4.74 Å². The molecule has 0 heterocycles. The Morgan fingerprint density at radius 1 is 0.938 bits per heavy atom. The molecular weight excluding hydrogens is 198 g/mol. The second kappa shape index (κ2) is 6.54. The Kier molecular flexibility index (Phi) is 5.33. The number of hydrogen-bond acceptors (Lipinski definition) is 1. The predicted molar refractivity (Wildman–Crippen MR) is 68.7 cm³/mol. The van der Waals surface area contributed by atoms with Crippen LogP contribution in [-0.4, -0.2) is 37.3 Å². The van der Waals surface area contributed by atoms with Crippen LogP contribution in [-0.2, 0) is 0 Å². The van der Waals surface area contributed by atoms with Gasteiger partial charge >= 0.3 is 0 Å². The Morgan fingerprint density at radius 3 is 2.00 bits per heavy atom. The van der Waals surface area contributed by atoms with E-state index in [-0.39, 0.29) is 0 Å². The molecule has 0 fully saturated rings. The van der Waals surface area contributed by atoms with Crippen molar-refractivity contribution in [2.75, 3.05) is 32.8 Å². The predicted octanol–water partition coefficient (Wildman–Crippen LogP) is 2.94. The third kappa shape index (κ3) is 3.53. The summed E-state index contributed by atoms with van der Waals surface area (Å²) in [5, 5.41) is 0. The fraction of sp³-hybridized carbons (Fsp3) is 0.571. The number of ether oxygens (including phenoxy) is 1. The van der Waals surface area contributed by atoms with Crippen LogP contribution in [0.3, 0.4) is 0 Å². The maximum absolute atomic E-state index is 5.75. The minimum absolute atomic E-state index is 0.805. The van der Waals surface area contributed by atoms with E-state index in [0.717, 1.165) is 23.4 Å². The molecule has 16 heavy (non-hydrogen) atoms. The van der Waals surface area contributed by atoms with Crippen molar-refractivity contribution >= 4 is 0 Å². The smallest absolute Gasteiger partial charge is 0.137 e. The normalized spacial score (nSPS) is 11.4. The summed E-state index contributed by atoms with van der Waals surface area (Å²) < 4.78 is 6.90. The summed E-state index contributed by atoms with van der Waals surface area (Å²) in [4.78, 5) is 0. The number of likely N-dealkylation sites (N-methyl/N-ethyl adjacent to an activating group) is 1. The SMILES string of the molecule is CC[N+](CC)(CC)CCOc1ccccc1. The van der Waals surface area contributed by atoms with Gasteiger partial charge in [-0.3, -0.25) is 0 Å². The van der Waals surface area contributed by atoms with Crippen molar-refractivity contribution in [2.45, 2.75) is 20.8 Å². The molecule has 0 saturated heterocycles. The summed E-state index contributed by atoms with van der Waals surface area (Å²) in [6.45, 7) is 12.2. The largest absolute Gasteiger partial charge is 0.488 e. The minimum atomic E-state index is 0.805. The molecule has 0 unspecified atom stereocenters. The summed E-state index contributed by atoms with van der Waals surface area (Å²) in [7, 11) is 0. The van der Waals surface area contributed by atoms with E-state index in [0.29, 0.717) is 0 Å². The minimum Gasteiger partial charge on any atom is -0.488 e. The van der Waals surface area contributed by atoms with Crippen molar-refractivity contribution in [3.63, 3.8) is 0 Å². The average Bonchev–Trinajstić information content (AvgIpc) is 2.37. The van der Waals surface area contributed by atoms with Crippen LogP contribution in [0.2, 0.25) is 0 Å². The molecule has 90 valence electrons. The van der Waals surface area contributed by atoms with Gasteiger partial charge in [0.2, 0.25) is 0 Å². The van der Waals surface area contributed by atoms with Gasteiger partial charge in [-0.15, -0.1) is 0 Å². The standard InChI is InChI=1S/C14H24NO/c1-4-15(5-2,6-3)12-13-16-14-10-8-7-9-11-14/h7-11H,4-6,12-13H2,1-3H3/q+1. The molecule has 0 amide bonds. The van der Waals surface area contributed by atoms with Gasteiger partial charge < -0.3 is 9.22 Å². The van der Waals surface area contributed by atoms with E-state index in [1.54, 1.807) is 0 Å². The van der Waals surface area contributed by atoms with Gasteiger partial charge in [0.1, 0.15) is 18.9 Å². The first kappa shape index (κ1) is 13.0. The zero-order valence-electron chi connectivity index (χ0n) is 10.8. The van der Waals surface area contributed by atoms with E-state index >= 15 is 0 Å². The molecule has 0 radical (unpaired) electrons. The van der Waals surface area contributed by atoms with E-state index in [9.17, 15) is 0 Å². The Labute approximate surface area is 99.4 Å². The lowest BCUT2D eigenvalue weighted by atomic mass is 10.3. The van der Waals surface area contributed by atoms with E-state index in [4.69, 9.17) is 4.74 Å². The second-order valence-corrected chi connectivity index (χ2v) is 4.18. The van der Waals surface area contributed by atoms with Crippen LogP contribution in [0.4, 0.5) is 0 Å². The third-order valence-electron chi connectivity index (χ3n) is 3.59. The van der Waals surface area contributed by atoms with Crippen LogP contribution in [0.1, 0.15) is 20.8 Å². The summed E-state index contributed by atoms with van der Waals surface area (Å²) in [5.41, 5.74) is 0. The van der Waals surface area contributed by atoms with Crippen molar-refractivity contribution in [1.29, 1.82) is 0 Å². The van der Waals surface area contributed by atoms with Gasteiger partial charge in [-0.25, -0.2) is 0 Å². The lowest BCUT2D eigenvalue weighted by molar-refractivity contribution is -0.923. The summed E-state index contributed by atoms with van der Waals surface area (Å²) in [6.07, 6.45) is 0. The highest BCUT2D eigenvalue weighted by atomic mass is 16.5. The Balaban J connectivity index is 2.39. The van der Waals surface area contributed by atoms with Crippen molar-refractivity contribution in [3.8, 4) is 5.75 Å². The van der Waals surface area contributed by atoms with E-state index < -0.39 is 0 Å².